The molecule has 0 saturated heterocycles. The van der Waals surface area contributed by atoms with Gasteiger partial charge in [0.15, 0.2) is 0 Å². The van der Waals surface area contributed by atoms with Crippen LogP contribution in [0.25, 0.3) is 0 Å². The Morgan fingerprint density at radius 2 is 2.00 bits per heavy atom. The van der Waals surface area contributed by atoms with Gasteiger partial charge in [0, 0.05) is 0 Å². The Labute approximate surface area is 114 Å². The quantitative estimate of drug-likeness (QED) is 0.910. The normalized spacial score (nSPS) is 11.3. The van der Waals surface area contributed by atoms with Gasteiger partial charge in [-0.3, -0.25) is 4.72 Å². The molecule has 1 aromatic heterocycles. The number of nitrogens with one attached hydrogen (secondary N) is 1. The highest BCUT2D eigenvalue weighted by atomic mass is 35.5. The van der Waals surface area contributed by atoms with Gasteiger partial charge in [-0.2, -0.15) is 0 Å². The lowest BCUT2D eigenvalue weighted by atomic mass is 10.3. The van der Waals surface area contributed by atoms with Crippen LogP contribution < -0.4 is 10.5 Å². The van der Waals surface area contributed by atoms with Crippen LogP contribution >= 0.6 is 11.6 Å². The molecule has 1 aromatic carbocycles. The zero-order chi connectivity index (χ0) is 14.0. The third kappa shape index (κ3) is 3.12. The van der Waals surface area contributed by atoms with Gasteiger partial charge in [-0.05, 0) is 30.3 Å². The van der Waals surface area contributed by atoms with E-state index in [2.05, 4.69) is 9.71 Å². The van der Waals surface area contributed by atoms with E-state index < -0.39 is 15.8 Å². The molecule has 1 heterocycles. The predicted octanol–water partition coefficient (Wildman–Crippen LogP) is 2.26. The van der Waals surface area contributed by atoms with Crippen LogP contribution in [0, 0.1) is 5.82 Å². The second-order valence-electron chi connectivity index (χ2n) is 3.65. The fraction of sp³-hybridized carbons (Fsp3) is 0. The van der Waals surface area contributed by atoms with Gasteiger partial charge >= 0.3 is 0 Å². The number of anilines is 2. The minimum atomic E-state index is -3.98. The summed E-state index contributed by atoms with van der Waals surface area (Å²) in [6, 6.07) is 5.96. The van der Waals surface area contributed by atoms with Gasteiger partial charge in [-0.25, -0.2) is 17.8 Å². The molecular weight excluding hydrogens is 293 g/mol. The number of nitrogens with two attached hydrogens (primary N) is 1. The van der Waals surface area contributed by atoms with E-state index in [1.165, 1.54) is 24.4 Å². The van der Waals surface area contributed by atoms with Crippen LogP contribution in [0.1, 0.15) is 0 Å². The lowest BCUT2D eigenvalue weighted by Crippen LogP contribution is -2.14. The van der Waals surface area contributed by atoms with E-state index in [0.29, 0.717) is 0 Å². The molecule has 5 nitrogen and oxygen atoms in total. The van der Waals surface area contributed by atoms with Crippen molar-refractivity contribution in [2.24, 2.45) is 0 Å². The van der Waals surface area contributed by atoms with Crippen molar-refractivity contribution in [3.05, 3.63) is 47.4 Å². The van der Waals surface area contributed by atoms with Crippen LogP contribution in [-0.4, -0.2) is 13.4 Å². The number of nitrogens with zero attached hydrogens (tertiary/aromatic N) is 1. The molecule has 2 aromatic rings. The zero-order valence-electron chi connectivity index (χ0n) is 9.47. The lowest BCUT2D eigenvalue weighted by Gasteiger charge is -2.09. The molecule has 0 radical (unpaired) electrons. The van der Waals surface area contributed by atoms with Crippen molar-refractivity contribution >= 4 is 33.1 Å². The summed E-state index contributed by atoms with van der Waals surface area (Å²) in [5.74, 6) is -0.438. The Bertz CT molecular complexity index is 704. The van der Waals surface area contributed by atoms with Gasteiger partial charge in [0.25, 0.3) is 10.0 Å². The van der Waals surface area contributed by atoms with Crippen molar-refractivity contribution in [2.75, 3.05) is 10.5 Å². The van der Waals surface area contributed by atoms with Crippen LogP contribution in [0.3, 0.4) is 0 Å². The first-order valence-electron chi connectivity index (χ1n) is 5.08. The molecular formula is C11H9ClFN3O2S. The van der Waals surface area contributed by atoms with Crippen molar-refractivity contribution in [2.45, 2.75) is 4.90 Å². The predicted molar refractivity (Wildman–Crippen MR) is 70.9 cm³/mol. The van der Waals surface area contributed by atoms with Crippen LogP contribution in [-0.2, 0) is 10.0 Å². The minimum absolute atomic E-state index is 0.0719. The Morgan fingerprint density at radius 3 is 2.63 bits per heavy atom. The summed E-state index contributed by atoms with van der Waals surface area (Å²) in [6.07, 6.45) is 1.25. The van der Waals surface area contributed by atoms with Gasteiger partial charge in [-0.1, -0.05) is 11.6 Å². The van der Waals surface area contributed by atoms with Crippen LogP contribution in [0.5, 0.6) is 0 Å². The van der Waals surface area contributed by atoms with Crippen LogP contribution in [0.15, 0.2) is 41.4 Å². The number of aromatic nitrogens is 1. The van der Waals surface area contributed by atoms with Crippen LogP contribution in [0.2, 0.25) is 5.02 Å². The molecule has 0 aliphatic carbocycles. The number of benzene rings is 1. The zero-order valence-corrected chi connectivity index (χ0v) is 11.0. The Kier molecular flexibility index (Phi) is 3.59. The molecule has 0 unspecified atom stereocenters. The minimum Gasteiger partial charge on any atom is -0.384 e. The topological polar surface area (TPSA) is 85.1 Å². The summed E-state index contributed by atoms with van der Waals surface area (Å²) < 4.78 is 39.4. The van der Waals surface area contributed by atoms with Gasteiger partial charge < -0.3 is 5.73 Å². The molecule has 2 rings (SSSR count). The molecule has 8 heteroatoms. The second-order valence-corrected chi connectivity index (χ2v) is 5.71. The highest BCUT2D eigenvalue weighted by molar-refractivity contribution is 7.92. The van der Waals surface area contributed by atoms with Crippen molar-refractivity contribution in [3.8, 4) is 0 Å². The third-order valence-electron chi connectivity index (χ3n) is 2.22. The first-order chi connectivity index (χ1) is 8.88. The van der Waals surface area contributed by atoms with E-state index in [0.717, 1.165) is 12.1 Å². The fourth-order valence-corrected chi connectivity index (χ4v) is 2.91. The number of hydrogen-bond donors (Lipinski definition) is 2. The highest BCUT2D eigenvalue weighted by Crippen LogP contribution is 2.24. The van der Waals surface area contributed by atoms with Crippen molar-refractivity contribution < 1.29 is 12.8 Å². The summed E-state index contributed by atoms with van der Waals surface area (Å²) in [4.78, 5) is 3.40. The largest absolute Gasteiger partial charge is 0.384 e. The van der Waals surface area contributed by atoms with Gasteiger partial charge in [0.05, 0.1) is 16.9 Å². The number of pyridine rings is 1. The van der Waals surface area contributed by atoms with E-state index in [-0.39, 0.29) is 21.4 Å². The second kappa shape index (κ2) is 5.02. The van der Waals surface area contributed by atoms with Crippen molar-refractivity contribution in [1.29, 1.82) is 0 Å². The van der Waals surface area contributed by atoms with E-state index in [9.17, 15) is 12.8 Å². The van der Waals surface area contributed by atoms with Crippen molar-refractivity contribution in [1.82, 2.24) is 4.98 Å². The number of rotatable bonds is 3. The molecule has 0 bridgehead atoms. The smallest absolute Gasteiger partial charge is 0.263 e. The average molecular weight is 302 g/mol. The standard InChI is InChI=1S/C11H9ClFN3O2S/c12-9-3-1-7(13)5-10(9)19(17,18)16-8-2-4-11(14)15-6-8/h1-6,16H,(H2,14,15). The van der Waals surface area contributed by atoms with E-state index in [1.807, 2.05) is 0 Å². The van der Waals surface area contributed by atoms with Gasteiger partial charge in [-0.15, -0.1) is 0 Å². The SMILES string of the molecule is Nc1ccc(NS(=O)(=O)c2cc(F)ccc2Cl)cn1. The first kappa shape index (κ1) is 13.6. The fourth-order valence-electron chi connectivity index (χ4n) is 1.36. The maximum atomic E-state index is 13.1. The molecule has 0 saturated carbocycles. The molecule has 0 spiro atoms. The summed E-state index contributed by atoms with van der Waals surface area (Å²) in [6.45, 7) is 0. The number of hydrogen-bond acceptors (Lipinski definition) is 4. The van der Waals surface area contributed by atoms with Gasteiger partial charge in [0.1, 0.15) is 16.5 Å². The maximum absolute atomic E-state index is 13.1. The Morgan fingerprint density at radius 1 is 1.26 bits per heavy atom. The molecule has 0 fully saturated rings. The van der Waals surface area contributed by atoms with Gasteiger partial charge in [0.2, 0.25) is 0 Å². The molecule has 0 aliphatic heterocycles. The Balaban J connectivity index is 2.37. The summed E-state index contributed by atoms with van der Waals surface area (Å²) >= 11 is 5.75. The van der Waals surface area contributed by atoms with Crippen LogP contribution in [0.4, 0.5) is 15.9 Å². The number of halogens is 2. The van der Waals surface area contributed by atoms with E-state index >= 15 is 0 Å². The van der Waals surface area contributed by atoms with E-state index in [1.54, 1.807) is 0 Å². The summed E-state index contributed by atoms with van der Waals surface area (Å²) in [5, 5.41) is -0.0719. The monoisotopic (exact) mass is 301 g/mol. The molecule has 0 atom stereocenters. The number of sulfonamides is 1. The first-order valence-corrected chi connectivity index (χ1v) is 6.94. The number of nitrogen functional groups attached to an aromatic ring is 1. The highest BCUT2D eigenvalue weighted by Gasteiger charge is 2.19. The average Bonchev–Trinajstić information content (AvgIpc) is 2.35. The summed E-state index contributed by atoms with van der Waals surface area (Å²) in [5.41, 5.74) is 5.59. The Hall–Kier alpha value is -1.86. The molecule has 0 aliphatic rings. The third-order valence-corrected chi connectivity index (χ3v) is 4.08. The van der Waals surface area contributed by atoms with Crippen molar-refractivity contribution in [3.63, 3.8) is 0 Å². The molecule has 100 valence electrons. The maximum Gasteiger partial charge on any atom is 0.263 e. The lowest BCUT2D eigenvalue weighted by molar-refractivity contribution is 0.595. The molecule has 0 amide bonds. The molecule has 3 N–H and O–H groups in total. The summed E-state index contributed by atoms with van der Waals surface area (Å²) in [7, 11) is -3.98. The van der Waals surface area contributed by atoms with E-state index in [4.69, 9.17) is 17.3 Å². The molecule has 19 heavy (non-hydrogen) atoms.